The minimum Gasteiger partial charge on any atom is -0.299 e. The van der Waals surface area contributed by atoms with Gasteiger partial charge in [0.15, 0.2) is 0 Å². The van der Waals surface area contributed by atoms with Crippen LogP contribution >= 0.6 is 23.2 Å². The van der Waals surface area contributed by atoms with Crippen molar-refractivity contribution >= 4 is 23.2 Å². The lowest BCUT2D eigenvalue weighted by Gasteiger charge is -2.27. The van der Waals surface area contributed by atoms with Crippen LogP contribution in [0.2, 0.25) is 5.02 Å². The number of alkyl halides is 1. The molecule has 0 fully saturated rings. The average molecular weight is 260 g/mol. The van der Waals surface area contributed by atoms with E-state index in [1.165, 1.54) is 5.56 Å². The maximum absolute atomic E-state index is 6.18. The van der Waals surface area contributed by atoms with Gasteiger partial charge >= 0.3 is 0 Å². The minimum atomic E-state index is 0.319. The summed E-state index contributed by atoms with van der Waals surface area (Å²) in [4.78, 5) is 2.29. The van der Waals surface area contributed by atoms with Gasteiger partial charge in [-0.1, -0.05) is 36.7 Å². The first kappa shape index (κ1) is 13.8. The third-order valence-corrected chi connectivity index (χ3v) is 3.75. The van der Waals surface area contributed by atoms with Gasteiger partial charge in [-0.2, -0.15) is 0 Å². The van der Waals surface area contributed by atoms with Crippen LogP contribution in [0, 0.1) is 5.92 Å². The van der Waals surface area contributed by atoms with E-state index in [-0.39, 0.29) is 0 Å². The van der Waals surface area contributed by atoms with E-state index >= 15 is 0 Å². The molecule has 3 heteroatoms. The second-order valence-corrected chi connectivity index (χ2v) is 5.11. The Morgan fingerprint density at radius 2 is 1.88 bits per heavy atom. The molecule has 0 aromatic heterocycles. The molecule has 0 saturated carbocycles. The van der Waals surface area contributed by atoms with Crippen LogP contribution in [0.5, 0.6) is 0 Å². The summed E-state index contributed by atoms with van der Waals surface area (Å²) in [5.74, 6) is 1.19. The van der Waals surface area contributed by atoms with Crippen molar-refractivity contribution in [3.05, 3.63) is 34.9 Å². The molecule has 0 aliphatic heterocycles. The van der Waals surface area contributed by atoms with E-state index in [2.05, 4.69) is 31.9 Å². The maximum Gasteiger partial charge on any atom is 0.0453 e. The van der Waals surface area contributed by atoms with Crippen LogP contribution in [0.4, 0.5) is 0 Å². The van der Waals surface area contributed by atoms with Crippen LogP contribution < -0.4 is 0 Å². The molecule has 90 valence electrons. The van der Waals surface area contributed by atoms with Gasteiger partial charge in [-0.05, 0) is 31.5 Å². The lowest BCUT2D eigenvalue weighted by Crippen LogP contribution is -2.28. The molecule has 1 aromatic rings. The van der Waals surface area contributed by atoms with E-state index in [0.717, 1.165) is 11.6 Å². The summed E-state index contributed by atoms with van der Waals surface area (Å²) in [5, 5.41) is 0.834. The first-order valence-electron chi connectivity index (χ1n) is 5.57. The van der Waals surface area contributed by atoms with Crippen molar-refractivity contribution in [2.75, 3.05) is 19.5 Å². The first-order valence-corrected chi connectivity index (χ1v) is 6.48. The number of halogens is 2. The predicted octanol–water partition coefficient (Wildman–Crippen LogP) is 4.21. The molecular formula is C13H19Cl2N. The summed E-state index contributed by atoms with van der Waals surface area (Å²) in [6.07, 6.45) is 0. The smallest absolute Gasteiger partial charge is 0.0453 e. The molecular weight excluding hydrogens is 241 g/mol. The molecule has 2 unspecified atom stereocenters. The highest BCUT2D eigenvalue weighted by molar-refractivity contribution is 6.31. The van der Waals surface area contributed by atoms with Crippen molar-refractivity contribution in [3.8, 4) is 0 Å². The van der Waals surface area contributed by atoms with Crippen LogP contribution in [0.3, 0.4) is 0 Å². The van der Waals surface area contributed by atoms with Crippen LogP contribution in [-0.4, -0.2) is 24.4 Å². The zero-order chi connectivity index (χ0) is 12.1. The molecule has 2 atom stereocenters. The molecule has 16 heavy (non-hydrogen) atoms. The number of nitrogens with zero attached hydrogens (tertiary/aromatic N) is 1. The molecule has 1 rings (SSSR count). The van der Waals surface area contributed by atoms with E-state index in [0.29, 0.717) is 17.8 Å². The monoisotopic (exact) mass is 259 g/mol. The first-order chi connectivity index (χ1) is 7.56. The molecule has 0 radical (unpaired) electrons. The highest BCUT2D eigenvalue weighted by atomic mass is 35.5. The number of rotatable bonds is 5. The summed E-state index contributed by atoms with van der Waals surface area (Å²) in [7, 11) is 2.11. The van der Waals surface area contributed by atoms with Crippen LogP contribution in [0.25, 0.3) is 0 Å². The van der Waals surface area contributed by atoms with Gasteiger partial charge in [0.1, 0.15) is 0 Å². The highest BCUT2D eigenvalue weighted by Gasteiger charge is 2.15. The average Bonchev–Trinajstić information content (AvgIpc) is 2.28. The van der Waals surface area contributed by atoms with Crippen molar-refractivity contribution in [1.29, 1.82) is 0 Å². The summed E-state index contributed by atoms with van der Waals surface area (Å²) < 4.78 is 0. The maximum atomic E-state index is 6.18. The highest BCUT2D eigenvalue weighted by Crippen LogP contribution is 2.26. The third kappa shape index (κ3) is 3.65. The molecule has 0 heterocycles. The van der Waals surface area contributed by atoms with E-state index in [1.807, 2.05) is 18.2 Å². The molecule has 1 nitrogen and oxygen atoms in total. The fourth-order valence-corrected chi connectivity index (χ4v) is 2.14. The van der Waals surface area contributed by atoms with Gasteiger partial charge in [0.25, 0.3) is 0 Å². The van der Waals surface area contributed by atoms with Gasteiger partial charge in [0.05, 0.1) is 0 Å². The third-order valence-electron chi connectivity index (χ3n) is 2.88. The lowest BCUT2D eigenvalue weighted by atomic mass is 10.1. The fourth-order valence-electron chi connectivity index (χ4n) is 1.75. The van der Waals surface area contributed by atoms with Crippen LogP contribution in [-0.2, 0) is 0 Å². The van der Waals surface area contributed by atoms with E-state index in [1.54, 1.807) is 0 Å². The summed E-state index contributed by atoms with van der Waals surface area (Å²) in [6, 6.07) is 8.32. The Bertz CT molecular complexity index is 327. The van der Waals surface area contributed by atoms with E-state index in [9.17, 15) is 0 Å². The second kappa shape index (κ2) is 6.48. The Hall–Kier alpha value is -0.240. The molecule has 0 aliphatic rings. The Labute approximate surface area is 108 Å². The molecule has 0 aliphatic carbocycles. The molecule has 0 N–H and O–H groups in total. The lowest BCUT2D eigenvalue weighted by molar-refractivity contribution is 0.234. The SMILES string of the molecule is CC(CCl)CN(C)C(C)c1ccccc1Cl. The number of benzene rings is 1. The van der Waals surface area contributed by atoms with Crippen molar-refractivity contribution in [2.24, 2.45) is 5.92 Å². The summed E-state index contributed by atoms with van der Waals surface area (Å²) in [6.45, 7) is 5.31. The quantitative estimate of drug-likeness (QED) is 0.717. The molecule has 0 spiro atoms. The van der Waals surface area contributed by atoms with Crippen molar-refractivity contribution in [3.63, 3.8) is 0 Å². The Kier molecular flexibility index (Phi) is 5.60. The van der Waals surface area contributed by atoms with Gasteiger partial charge in [-0.15, -0.1) is 11.6 Å². The zero-order valence-corrected chi connectivity index (χ0v) is 11.6. The molecule has 0 saturated heterocycles. The topological polar surface area (TPSA) is 3.24 Å². The van der Waals surface area contributed by atoms with Gasteiger partial charge in [-0.25, -0.2) is 0 Å². The standard InChI is InChI=1S/C13H19Cl2N/c1-10(8-14)9-16(3)11(2)12-6-4-5-7-13(12)15/h4-7,10-11H,8-9H2,1-3H3. The Morgan fingerprint density at radius 3 is 2.44 bits per heavy atom. The normalized spacial score (nSPS) is 15.1. The van der Waals surface area contributed by atoms with E-state index < -0.39 is 0 Å². The van der Waals surface area contributed by atoms with E-state index in [4.69, 9.17) is 23.2 Å². The molecule has 0 bridgehead atoms. The molecule has 0 amide bonds. The minimum absolute atomic E-state index is 0.319. The Morgan fingerprint density at radius 1 is 1.25 bits per heavy atom. The fraction of sp³-hybridized carbons (Fsp3) is 0.538. The summed E-state index contributed by atoms with van der Waals surface area (Å²) >= 11 is 12.0. The van der Waals surface area contributed by atoms with Crippen molar-refractivity contribution in [2.45, 2.75) is 19.9 Å². The Balaban J connectivity index is 2.70. The van der Waals surface area contributed by atoms with Gasteiger partial charge in [-0.3, -0.25) is 4.90 Å². The van der Waals surface area contributed by atoms with Gasteiger partial charge in [0.2, 0.25) is 0 Å². The number of hydrogen-bond donors (Lipinski definition) is 0. The number of hydrogen-bond acceptors (Lipinski definition) is 1. The predicted molar refractivity (Wildman–Crippen MR) is 72.4 cm³/mol. The summed E-state index contributed by atoms with van der Waals surface area (Å²) in [5.41, 5.74) is 1.17. The van der Waals surface area contributed by atoms with Gasteiger partial charge in [0, 0.05) is 23.5 Å². The molecule has 1 aromatic carbocycles. The van der Waals surface area contributed by atoms with Crippen molar-refractivity contribution < 1.29 is 0 Å². The second-order valence-electron chi connectivity index (χ2n) is 4.40. The zero-order valence-electron chi connectivity index (χ0n) is 10.1. The van der Waals surface area contributed by atoms with Crippen molar-refractivity contribution in [1.82, 2.24) is 4.90 Å². The largest absolute Gasteiger partial charge is 0.299 e. The van der Waals surface area contributed by atoms with Gasteiger partial charge < -0.3 is 0 Å². The van der Waals surface area contributed by atoms with Crippen LogP contribution in [0.15, 0.2) is 24.3 Å². The van der Waals surface area contributed by atoms with Crippen LogP contribution in [0.1, 0.15) is 25.5 Å².